The molecule has 0 bridgehead atoms. The fraction of sp³-hybridized carbons (Fsp3) is 0.182. The van der Waals surface area contributed by atoms with Crippen molar-refractivity contribution in [1.82, 2.24) is 5.32 Å². The van der Waals surface area contributed by atoms with Gasteiger partial charge in [0.05, 0.1) is 4.88 Å². The summed E-state index contributed by atoms with van der Waals surface area (Å²) in [6.45, 7) is 1.90. The molecule has 0 saturated carbocycles. The predicted molar refractivity (Wildman–Crippen MR) is 109 cm³/mol. The SMILES string of the molecule is CC(=O)Nc1cccc(CNC(=O)c2cc3c(s2)-c2ccccc2CC3)c1. The Kier molecular flexibility index (Phi) is 4.77. The van der Waals surface area contributed by atoms with Crippen LogP contribution in [-0.4, -0.2) is 11.8 Å². The monoisotopic (exact) mass is 376 g/mol. The lowest BCUT2D eigenvalue weighted by Crippen LogP contribution is -2.21. The van der Waals surface area contributed by atoms with Crippen molar-refractivity contribution in [3.05, 3.63) is 76.2 Å². The first-order valence-electron chi connectivity index (χ1n) is 8.96. The van der Waals surface area contributed by atoms with Crippen LogP contribution in [0.25, 0.3) is 10.4 Å². The number of rotatable bonds is 4. The summed E-state index contributed by atoms with van der Waals surface area (Å²) >= 11 is 1.56. The summed E-state index contributed by atoms with van der Waals surface area (Å²) in [6.07, 6.45) is 2.01. The van der Waals surface area contributed by atoms with Crippen LogP contribution in [0, 0.1) is 0 Å². The standard InChI is InChI=1S/C22H20N2O2S/c1-14(25)24-18-7-4-5-15(11-18)13-23-22(26)20-12-17-10-9-16-6-2-3-8-19(16)21(17)27-20/h2-8,11-12H,9-10,13H2,1H3,(H,23,26)(H,24,25). The largest absolute Gasteiger partial charge is 0.347 e. The summed E-state index contributed by atoms with van der Waals surface area (Å²) in [6, 6.07) is 18.0. The van der Waals surface area contributed by atoms with Crippen LogP contribution in [0.4, 0.5) is 5.69 Å². The molecule has 0 fully saturated rings. The predicted octanol–water partition coefficient (Wildman–Crippen LogP) is 4.40. The first kappa shape index (κ1) is 17.5. The zero-order valence-corrected chi connectivity index (χ0v) is 15.9. The molecular formula is C22H20N2O2S. The molecule has 2 N–H and O–H groups in total. The van der Waals surface area contributed by atoms with Gasteiger partial charge in [-0.25, -0.2) is 0 Å². The molecule has 1 aliphatic carbocycles. The molecule has 0 saturated heterocycles. The Morgan fingerprint density at radius 1 is 1.00 bits per heavy atom. The maximum Gasteiger partial charge on any atom is 0.261 e. The highest BCUT2D eigenvalue weighted by Crippen LogP contribution is 2.39. The molecule has 0 aliphatic heterocycles. The fourth-order valence-electron chi connectivity index (χ4n) is 3.42. The van der Waals surface area contributed by atoms with Crippen LogP contribution in [0.15, 0.2) is 54.6 Å². The number of carbonyl (C=O) groups is 2. The Morgan fingerprint density at radius 2 is 1.81 bits per heavy atom. The summed E-state index contributed by atoms with van der Waals surface area (Å²) < 4.78 is 0. The van der Waals surface area contributed by atoms with Crippen molar-refractivity contribution in [1.29, 1.82) is 0 Å². The maximum absolute atomic E-state index is 12.6. The first-order valence-corrected chi connectivity index (χ1v) is 9.77. The quantitative estimate of drug-likeness (QED) is 0.709. The van der Waals surface area contributed by atoms with E-state index in [1.54, 1.807) is 11.3 Å². The van der Waals surface area contributed by atoms with Gasteiger partial charge >= 0.3 is 0 Å². The lowest BCUT2D eigenvalue weighted by atomic mass is 9.91. The zero-order valence-electron chi connectivity index (χ0n) is 15.0. The van der Waals surface area contributed by atoms with E-state index in [1.165, 1.54) is 28.5 Å². The van der Waals surface area contributed by atoms with Crippen LogP contribution in [0.1, 0.15) is 33.3 Å². The lowest BCUT2D eigenvalue weighted by Gasteiger charge is -2.15. The van der Waals surface area contributed by atoms with Crippen molar-refractivity contribution >= 4 is 28.8 Å². The Labute approximate surface area is 162 Å². The number of fused-ring (bicyclic) bond motifs is 3. The van der Waals surface area contributed by atoms with Crippen LogP contribution in [0.2, 0.25) is 0 Å². The Balaban J connectivity index is 1.48. The summed E-state index contributed by atoms with van der Waals surface area (Å²) in [4.78, 5) is 25.8. The van der Waals surface area contributed by atoms with E-state index in [4.69, 9.17) is 0 Å². The molecular weight excluding hydrogens is 356 g/mol. The van der Waals surface area contributed by atoms with Crippen molar-refractivity contribution in [2.24, 2.45) is 0 Å². The highest BCUT2D eigenvalue weighted by atomic mass is 32.1. The third-order valence-electron chi connectivity index (χ3n) is 4.66. The smallest absolute Gasteiger partial charge is 0.261 e. The number of amides is 2. The summed E-state index contributed by atoms with van der Waals surface area (Å²) in [5, 5.41) is 5.74. The van der Waals surface area contributed by atoms with Gasteiger partial charge in [-0.2, -0.15) is 0 Å². The van der Waals surface area contributed by atoms with Crippen molar-refractivity contribution in [3.8, 4) is 10.4 Å². The van der Waals surface area contributed by atoms with Crippen molar-refractivity contribution < 1.29 is 9.59 Å². The van der Waals surface area contributed by atoms with Crippen LogP contribution >= 0.6 is 11.3 Å². The molecule has 5 heteroatoms. The van der Waals surface area contributed by atoms with Gasteiger partial charge in [0.2, 0.25) is 5.91 Å². The van der Waals surface area contributed by atoms with E-state index in [0.717, 1.165) is 29.0 Å². The number of anilines is 1. The van der Waals surface area contributed by atoms with Gasteiger partial charge in [-0.05, 0) is 53.3 Å². The topological polar surface area (TPSA) is 58.2 Å². The maximum atomic E-state index is 12.6. The molecule has 0 spiro atoms. The number of nitrogens with one attached hydrogen (secondary N) is 2. The fourth-order valence-corrected chi connectivity index (χ4v) is 4.60. The summed E-state index contributed by atoms with van der Waals surface area (Å²) in [5.41, 5.74) is 5.55. The first-order chi connectivity index (χ1) is 13.1. The van der Waals surface area contributed by atoms with E-state index < -0.39 is 0 Å². The Bertz CT molecular complexity index is 1020. The van der Waals surface area contributed by atoms with Gasteiger partial charge in [0.1, 0.15) is 0 Å². The molecule has 2 aromatic carbocycles. The molecule has 0 unspecified atom stereocenters. The number of thiophene rings is 1. The molecule has 136 valence electrons. The van der Waals surface area contributed by atoms with E-state index >= 15 is 0 Å². The third kappa shape index (κ3) is 3.78. The van der Waals surface area contributed by atoms with Gasteiger partial charge < -0.3 is 10.6 Å². The molecule has 3 aromatic rings. The van der Waals surface area contributed by atoms with Crippen LogP contribution in [0.3, 0.4) is 0 Å². The highest BCUT2D eigenvalue weighted by Gasteiger charge is 2.21. The molecule has 27 heavy (non-hydrogen) atoms. The van der Waals surface area contributed by atoms with Gasteiger partial charge in [0.15, 0.2) is 0 Å². The molecule has 4 nitrogen and oxygen atoms in total. The third-order valence-corrected chi connectivity index (χ3v) is 5.87. The second-order valence-corrected chi connectivity index (χ2v) is 7.74. The molecule has 0 radical (unpaired) electrons. The van der Waals surface area contributed by atoms with Crippen molar-refractivity contribution in [2.75, 3.05) is 5.32 Å². The average Bonchev–Trinajstić information content (AvgIpc) is 3.11. The number of benzene rings is 2. The molecule has 4 rings (SSSR count). The summed E-state index contributed by atoms with van der Waals surface area (Å²) in [5.74, 6) is -0.169. The number of hydrogen-bond donors (Lipinski definition) is 2. The molecule has 2 amide bonds. The number of hydrogen-bond acceptors (Lipinski definition) is 3. The van der Waals surface area contributed by atoms with Crippen LogP contribution < -0.4 is 10.6 Å². The zero-order chi connectivity index (χ0) is 18.8. The molecule has 1 aromatic heterocycles. The van der Waals surface area contributed by atoms with Gasteiger partial charge in [-0.15, -0.1) is 11.3 Å². The Morgan fingerprint density at radius 3 is 2.67 bits per heavy atom. The van der Waals surface area contributed by atoms with Crippen molar-refractivity contribution in [2.45, 2.75) is 26.3 Å². The minimum Gasteiger partial charge on any atom is -0.347 e. The van der Waals surface area contributed by atoms with Gasteiger partial charge in [0, 0.05) is 24.0 Å². The van der Waals surface area contributed by atoms with E-state index in [0.29, 0.717) is 6.54 Å². The second-order valence-electron chi connectivity index (χ2n) is 6.69. The lowest BCUT2D eigenvalue weighted by molar-refractivity contribution is -0.114. The van der Waals surface area contributed by atoms with E-state index in [1.807, 2.05) is 30.3 Å². The van der Waals surface area contributed by atoms with Crippen molar-refractivity contribution in [3.63, 3.8) is 0 Å². The average molecular weight is 376 g/mol. The molecule has 0 atom stereocenters. The van der Waals surface area contributed by atoms with Crippen LogP contribution in [-0.2, 0) is 24.2 Å². The Hall–Kier alpha value is -2.92. The van der Waals surface area contributed by atoms with E-state index in [9.17, 15) is 9.59 Å². The molecule has 1 aliphatic rings. The van der Waals surface area contributed by atoms with Gasteiger partial charge in [0.25, 0.3) is 5.91 Å². The highest BCUT2D eigenvalue weighted by molar-refractivity contribution is 7.17. The second kappa shape index (κ2) is 7.37. The minimum atomic E-state index is -0.111. The van der Waals surface area contributed by atoms with Gasteiger partial charge in [-0.1, -0.05) is 36.4 Å². The van der Waals surface area contributed by atoms with Gasteiger partial charge in [-0.3, -0.25) is 9.59 Å². The minimum absolute atomic E-state index is 0.0585. The van der Waals surface area contributed by atoms with E-state index in [-0.39, 0.29) is 11.8 Å². The number of aryl methyl sites for hydroxylation is 2. The molecule has 1 heterocycles. The van der Waals surface area contributed by atoms with Crippen LogP contribution in [0.5, 0.6) is 0 Å². The van der Waals surface area contributed by atoms with E-state index in [2.05, 4.69) is 34.9 Å². The normalized spacial score (nSPS) is 12.0. The number of carbonyl (C=O) groups excluding carboxylic acids is 2. The summed E-state index contributed by atoms with van der Waals surface area (Å²) in [7, 11) is 0.